The highest BCUT2D eigenvalue weighted by Crippen LogP contribution is 2.41. The number of aromatic nitrogens is 1. The number of nitrogens with zero attached hydrogens (tertiary/aromatic N) is 1. The highest BCUT2D eigenvalue weighted by molar-refractivity contribution is 9.13. The van der Waals surface area contributed by atoms with Gasteiger partial charge in [-0.1, -0.05) is 0 Å². The first-order valence-corrected chi connectivity index (χ1v) is 5.03. The molecule has 84 valence electrons. The van der Waals surface area contributed by atoms with E-state index in [9.17, 15) is 22.0 Å². The third kappa shape index (κ3) is 2.66. The van der Waals surface area contributed by atoms with Crippen molar-refractivity contribution >= 4 is 31.9 Å². The van der Waals surface area contributed by atoms with Gasteiger partial charge in [0.15, 0.2) is 0 Å². The number of halogens is 7. The lowest BCUT2D eigenvalue weighted by molar-refractivity contribution is -0.139. The molecule has 1 aromatic rings. The van der Waals surface area contributed by atoms with Gasteiger partial charge in [0.25, 0.3) is 6.43 Å². The summed E-state index contributed by atoms with van der Waals surface area (Å²) in [7, 11) is 0. The molecule has 1 rings (SSSR count). The van der Waals surface area contributed by atoms with E-state index in [4.69, 9.17) is 0 Å². The van der Waals surface area contributed by atoms with Crippen molar-refractivity contribution in [1.82, 2.24) is 4.98 Å². The van der Waals surface area contributed by atoms with Crippen LogP contribution in [0.4, 0.5) is 22.0 Å². The monoisotopic (exact) mass is 353 g/mol. The molecule has 0 aliphatic carbocycles. The van der Waals surface area contributed by atoms with Gasteiger partial charge in [-0.15, -0.1) is 0 Å². The maximum Gasteiger partial charge on any atom is 0.418 e. The van der Waals surface area contributed by atoms with Crippen LogP contribution < -0.4 is 0 Å². The Morgan fingerprint density at radius 3 is 2.13 bits per heavy atom. The summed E-state index contributed by atoms with van der Waals surface area (Å²) in [6, 6.07) is 0. The molecule has 0 atom stereocenters. The van der Waals surface area contributed by atoms with Gasteiger partial charge in [-0.2, -0.15) is 13.2 Å². The maximum absolute atomic E-state index is 12.4. The fourth-order valence-electron chi connectivity index (χ4n) is 0.916. The summed E-state index contributed by atoms with van der Waals surface area (Å²) >= 11 is 5.39. The Morgan fingerprint density at radius 2 is 1.73 bits per heavy atom. The second-order valence-electron chi connectivity index (χ2n) is 2.49. The first-order chi connectivity index (χ1) is 6.75. The molecule has 0 aliphatic rings. The molecule has 1 nitrogen and oxygen atoms in total. The minimum absolute atomic E-state index is 0.0919. The lowest BCUT2D eigenvalue weighted by atomic mass is 10.1. The summed E-state index contributed by atoms with van der Waals surface area (Å²) in [6.45, 7) is 0. The van der Waals surface area contributed by atoms with Crippen LogP contribution in [0.1, 0.15) is 17.6 Å². The number of hydrogen-bond acceptors (Lipinski definition) is 1. The number of rotatable bonds is 1. The summed E-state index contributed by atoms with van der Waals surface area (Å²) in [5.74, 6) is 0. The van der Waals surface area contributed by atoms with Crippen LogP contribution in [-0.4, -0.2) is 4.98 Å². The zero-order valence-electron chi connectivity index (χ0n) is 6.75. The third-order valence-electron chi connectivity index (χ3n) is 1.54. The number of pyridine rings is 1. The van der Waals surface area contributed by atoms with Crippen LogP contribution >= 0.6 is 31.9 Å². The van der Waals surface area contributed by atoms with Crippen LogP contribution in [0, 0.1) is 0 Å². The first kappa shape index (κ1) is 12.8. The van der Waals surface area contributed by atoms with Crippen LogP contribution in [0.5, 0.6) is 0 Å². The lowest BCUT2D eigenvalue weighted by Gasteiger charge is -2.13. The van der Waals surface area contributed by atoms with Gasteiger partial charge in [0, 0.05) is 11.8 Å². The molecule has 1 aromatic heterocycles. The van der Waals surface area contributed by atoms with Crippen molar-refractivity contribution in [3.8, 4) is 0 Å². The van der Waals surface area contributed by atoms with Crippen molar-refractivity contribution in [3.63, 3.8) is 0 Å². The van der Waals surface area contributed by atoms with E-state index < -0.39 is 23.7 Å². The van der Waals surface area contributed by atoms with Gasteiger partial charge >= 0.3 is 6.18 Å². The second kappa shape index (κ2) is 4.32. The molecule has 0 saturated carbocycles. The van der Waals surface area contributed by atoms with Gasteiger partial charge < -0.3 is 0 Å². The highest BCUT2D eigenvalue weighted by Gasteiger charge is 2.37. The highest BCUT2D eigenvalue weighted by atomic mass is 79.9. The van der Waals surface area contributed by atoms with E-state index in [1.807, 2.05) is 0 Å². The van der Waals surface area contributed by atoms with Gasteiger partial charge in [-0.05, 0) is 31.9 Å². The molecule has 0 saturated heterocycles. The lowest BCUT2D eigenvalue weighted by Crippen LogP contribution is -2.11. The van der Waals surface area contributed by atoms with Crippen molar-refractivity contribution in [2.75, 3.05) is 0 Å². The zero-order chi connectivity index (χ0) is 11.8. The fraction of sp³-hybridized carbons (Fsp3) is 0.286. The van der Waals surface area contributed by atoms with E-state index in [0.29, 0.717) is 6.20 Å². The van der Waals surface area contributed by atoms with Crippen molar-refractivity contribution in [2.24, 2.45) is 0 Å². The molecule has 0 N–H and O–H groups in total. The van der Waals surface area contributed by atoms with E-state index in [1.54, 1.807) is 0 Å². The van der Waals surface area contributed by atoms with Crippen molar-refractivity contribution in [3.05, 3.63) is 26.4 Å². The van der Waals surface area contributed by atoms with Crippen LogP contribution in [0.25, 0.3) is 0 Å². The third-order valence-corrected chi connectivity index (χ3v) is 3.47. The summed E-state index contributed by atoms with van der Waals surface area (Å²) in [5, 5.41) is 0. The molecule has 0 fully saturated rings. The minimum Gasteiger partial charge on any atom is -0.248 e. The molecular formula is C7H2Br2F5N. The Balaban J connectivity index is 3.47. The Kier molecular flexibility index (Phi) is 3.70. The van der Waals surface area contributed by atoms with Gasteiger partial charge in [-0.3, -0.25) is 0 Å². The molecule has 0 aromatic carbocycles. The summed E-state index contributed by atoms with van der Waals surface area (Å²) in [4.78, 5) is 3.30. The first-order valence-electron chi connectivity index (χ1n) is 3.44. The van der Waals surface area contributed by atoms with Crippen LogP contribution in [0.15, 0.2) is 15.3 Å². The van der Waals surface area contributed by atoms with Gasteiger partial charge in [0.05, 0.1) is 10.0 Å². The van der Waals surface area contributed by atoms with E-state index >= 15 is 0 Å². The molecule has 0 bridgehead atoms. The van der Waals surface area contributed by atoms with Gasteiger partial charge in [0.2, 0.25) is 0 Å². The fourth-order valence-corrected chi connectivity index (χ4v) is 1.72. The summed E-state index contributed by atoms with van der Waals surface area (Å²) < 4.78 is 61.3. The van der Waals surface area contributed by atoms with Crippen molar-refractivity contribution < 1.29 is 22.0 Å². The second-order valence-corrected chi connectivity index (χ2v) is 4.03. The van der Waals surface area contributed by atoms with Crippen LogP contribution in [0.2, 0.25) is 0 Å². The van der Waals surface area contributed by atoms with E-state index in [2.05, 4.69) is 36.8 Å². The molecule has 0 spiro atoms. The average Bonchev–Trinajstić information content (AvgIpc) is 2.06. The molecule has 0 radical (unpaired) electrons. The summed E-state index contributed by atoms with van der Waals surface area (Å²) in [6.07, 6.45) is -7.70. The smallest absolute Gasteiger partial charge is 0.248 e. The minimum atomic E-state index is -4.85. The van der Waals surface area contributed by atoms with E-state index in [1.165, 1.54) is 0 Å². The Labute approximate surface area is 97.9 Å². The van der Waals surface area contributed by atoms with Gasteiger partial charge in [-0.25, -0.2) is 13.8 Å². The standard InChI is InChI=1S/C7H2Br2F5N/c8-4-3(6(10)11)2(7(12,13)14)1-15-5(4)9/h1,6H. The average molecular weight is 355 g/mol. The SMILES string of the molecule is FC(F)c1c(C(F)(F)F)cnc(Br)c1Br. The van der Waals surface area contributed by atoms with Crippen molar-refractivity contribution in [1.29, 1.82) is 0 Å². The Bertz CT molecular complexity index is 376. The predicted octanol–water partition coefficient (Wildman–Crippen LogP) is 4.56. The molecule has 1 heterocycles. The topological polar surface area (TPSA) is 12.9 Å². The van der Waals surface area contributed by atoms with E-state index in [-0.39, 0.29) is 9.08 Å². The molecule has 15 heavy (non-hydrogen) atoms. The quantitative estimate of drug-likeness (QED) is 0.532. The molecular weight excluding hydrogens is 353 g/mol. The predicted molar refractivity (Wildman–Crippen MR) is 49.6 cm³/mol. The largest absolute Gasteiger partial charge is 0.418 e. The van der Waals surface area contributed by atoms with Crippen molar-refractivity contribution in [2.45, 2.75) is 12.6 Å². The molecule has 0 amide bonds. The zero-order valence-corrected chi connectivity index (χ0v) is 9.92. The van der Waals surface area contributed by atoms with E-state index in [0.717, 1.165) is 0 Å². The number of alkyl halides is 5. The Hall–Kier alpha value is -0.240. The van der Waals surface area contributed by atoms with Crippen LogP contribution in [-0.2, 0) is 6.18 Å². The van der Waals surface area contributed by atoms with Gasteiger partial charge in [0.1, 0.15) is 4.60 Å². The number of hydrogen-bond donors (Lipinski definition) is 0. The summed E-state index contributed by atoms with van der Waals surface area (Å²) in [5.41, 5.74) is -2.54. The van der Waals surface area contributed by atoms with Crippen LogP contribution in [0.3, 0.4) is 0 Å². The molecule has 8 heteroatoms. The Morgan fingerprint density at radius 1 is 1.20 bits per heavy atom. The molecule has 0 unspecified atom stereocenters. The molecule has 0 aliphatic heterocycles. The normalized spacial score (nSPS) is 12.3. The maximum atomic E-state index is 12.4.